The molecule has 16 heteroatoms. The molecule has 3 atom stereocenters. The van der Waals surface area contributed by atoms with E-state index in [0.29, 0.717) is 61.1 Å². The monoisotopic (exact) mass is 651 g/mol. The van der Waals surface area contributed by atoms with Crippen molar-refractivity contribution in [2.75, 3.05) is 37.6 Å². The Morgan fingerprint density at radius 2 is 1.93 bits per heavy atom. The molecular formula is C30H38F5N9O2. The van der Waals surface area contributed by atoms with Crippen LogP contribution < -0.4 is 20.9 Å². The minimum absolute atomic E-state index is 0.00000782. The average molecular weight is 652 g/mol. The molecule has 5 heterocycles. The predicted molar refractivity (Wildman–Crippen MR) is 157 cm³/mol. The van der Waals surface area contributed by atoms with Crippen LogP contribution in [0.5, 0.6) is 0 Å². The molecule has 0 bridgehead atoms. The van der Waals surface area contributed by atoms with Crippen LogP contribution in [0.1, 0.15) is 66.9 Å². The van der Waals surface area contributed by atoms with Crippen LogP contribution in [0.4, 0.5) is 27.6 Å². The molecule has 2 saturated heterocycles. The molecule has 1 aliphatic carbocycles. The molecule has 3 aromatic heterocycles. The zero-order valence-corrected chi connectivity index (χ0v) is 25.5. The lowest BCUT2D eigenvalue weighted by Crippen LogP contribution is -2.47. The maximum atomic E-state index is 14.1. The van der Waals surface area contributed by atoms with Gasteiger partial charge in [0.05, 0.1) is 35.2 Å². The SMILES string of the molecule is CCn1nccc1C(=O)N[C@H](c1cn2nc(C[C@H]3C[C@@H](C(F)(F)F)CNC3=O)c(N3CCNCC3)cc2n1)C1CCC(F)(F)CC1. The second-order valence-electron chi connectivity index (χ2n) is 12.5. The maximum absolute atomic E-state index is 14.1. The number of nitrogens with zero attached hydrogens (tertiary/aromatic N) is 6. The highest BCUT2D eigenvalue weighted by Gasteiger charge is 2.45. The minimum Gasteiger partial charge on any atom is -0.367 e. The Bertz CT molecular complexity index is 1560. The maximum Gasteiger partial charge on any atom is 0.393 e. The molecule has 11 nitrogen and oxygen atoms in total. The highest BCUT2D eigenvalue weighted by molar-refractivity contribution is 5.92. The van der Waals surface area contributed by atoms with E-state index in [2.05, 4.69) is 25.9 Å². The van der Waals surface area contributed by atoms with Gasteiger partial charge in [-0.15, -0.1) is 0 Å². The van der Waals surface area contributed by atoms with E-state index in [1.165, 1.54) is 10.7 Å². The lowest BCUT2D eigenvalue weighted by atomic mass is 9.81. The number of hydrogen-bond donors (Lipinski definition) is 3. The third kappa shape index (κ3) is 6.81. The first-order valence-corrected chi connectivity index (χ1v) is 15.8. The average Bonchev–Trinajstić information content (AvgIpc) is 3.67. The number of carbonyl (C=O) groups excluding carboxylic acids is 2. The number of piperazine rings is 1. The predicted octanol–water partition coefficient (Wildman–Crippen LogP) is 3.51. The van der Waals surface area contributed by atoms with E-state index in [9.17, 15) is 31.5 Å². The van der Waals surface area contributed by atoms with E-state index in [1.807, 2.05) is 6.92 Å². The van der Waals surface area contributed by atoms with E-state index in [4.69, 9.17) is 10.1 Å². The number of alkyl halides is 5. The zero-order valence-electron chi connectivity index (χ0n) is 25.5. The van der Waals surface area contributed by atoms with Gasteiger partial charge in [0, 0.05) is 76.7 Å². The van der Waals surface area contributed by atoms with Crippen molar-refractivity contribution in [3.05, 3.63) is 41.6 Å². The molecule has 0 aromatic carbocycles. The fourth-order valence-corrected chi connectivity index (χ4v) is 6.83. The van der Waals surface area contributed by atoms with Gasteiger partial charge < -0.3 is 20.9 Å². The Morgan fingerprint density at radius 3 is 2.63 bits per heavy atom. The number of halogens is 5. The fourth-order valence-electron chi connectivity index (χ4n) is 6.83. The van der Waals surface area contributed by atoms with E-state index in [0.717, 1.165) is 0 Å². The van der Waals surface area contributed by atoms with Gasteiger partial charge in [-0.3, -0.25) is 14.3 Å². The van der Waals surface area contributed by atoms with Crippen molar-refractivity contribution in [3.63, 3.8) is 0 Å². The summed E-state index contributed by atoms with van der Waals surface area (Å²) in [5, 5.41) is 17.7. The number of anilines is 1. The summed E-state index contributed by atoms with van der Waals surface area (Å²) in [6.07, 6.45) is -1.85. The molecule has 0 unspecified atom stereocenters. The molecule has 3 N–H and O–H groups in total. The van der Waals surface area contributed by atoms with Crippen LogP contribution in [0, 0.1) is 17.8 Å². The lowest BCUT2D eigenvalue weighted by molar-refractivity contribution is -0.183. The fraction of sp³-hybridized carbons (Fsp3) is 0.633. The summed E-state index contributed by atoms with van der Waals surface area (Å²) in [5.74, 6) is -6.49. The number of carbonyl (C=O) groups is 2. The van der Waals surface area contributed by atoms with E-state index in [1.54, 1.807) is 23.0 Å². The van der Waals surface area contributed by atoms with E-state index >= 15 is 0 Å². The van der Waals surface area contributed by atoms with Crippen molar-refractivity contribution in [1.82, 2.24) is 40.3 Å². The number of aromatic nitrogens is 5. The van der Waals surface area contributed by atoms with Crippen molar-refractivity contribution in [1.29, 1.82) is 0 Å². The Kier molecular flexibility index (Phi) is 8.91. The molecule has 3 aromatic rings. The number of aryl methyl sites for hydroxylation is 1. The molecule has 0 radical (unpaired) electrons. The zero-order chi connectivity index (χ0) is 32.6. The second kappa shape index (κ2) is 12.8. The summed E-state index contributed by atoms with van der Waals surface area (Å²) in [5.41, 5.74) is 2.35. The minimum atomic E-state index is -4.43. The van der Waals surface area contributed by atoms with Gasteiger partial charge in [0.2, 0.25) is 11.8 Å². The quantitative estimate of drug-likeness (QED) is 0.319. The Hall–Kier alpha value is -3.82. The smallest absolute Gasteiger partial charge is 0.367 e. The summed E-state index contributed by atoms with van der Waals surface area (Å²) in [4.78, 5) is 33.0. The lowest BCUT2D eigenvalue weighted by Gasteiger charge is -2.33. The van der Waals surface area contributed by atoms with Crippen LogP contribution in [0.2, 0.25) is 0 Å². The van der Waals surface area contributed by atoms with Crippen LogP contribution in [0.25, 0.3) is 5.65 Å². The number of imidazole rings is 1. The van der Waals surface area contributed by atoms with E-state index < -0.39 is 48.3 Å². The van der Waals surface area contributed by atoms with Gasteiger partial charge in [-0.05, 0) is 38.2 Å². The Morgan fingerprint density at radius 1 is 1.20 bits per heavy atom. The normalized spacial score (nSPS) is 23.3. The number of hydrogen-bond acceptors (Lipinski definition) is 7. The van der Waals surface area contributed by atoms with Gasteiger partial charge >= 0.3 is 6.18 Å². The molecule has 1 saturated carbocycles. The number of rotatable bonds is 8. The van der Waals surface area contributed by atoms with Crippen LogP contribution in [0.15, 0.2) is 24.5 Å². The first-order chi connectivity index (χ1) is 21.9. The molecular weight excluding hydrogens is 613 g/mol. The third-order valence-corrected chi connectivity index (χ3v) is 9.43. The standard InChI is InChI=1S/C30H38F5N9O2/c1-2-43-23(5-8-38-43)28(46)40-26(18-3-6-29(31,32)7-4-18)22-17-44-25(39-22)15-24(42-11-9-36-10-12-42)21(41-44)14-19-13-20(30(33,34)35)16-37-27(19)45/h5,8,15,17-20,26,36H,2-4,6-7,9-14,16H2,1H3,(H,37,45)(H,40,46)/t19-,20-,26+/m1/s1. The van der Waals surface area contributed by atoms with Crippen LogP contribution >= 0.6 is 0 Å². The van der Waals surface area contributed by atoms with Crippen molar-refractivity contribution < 1.29 is 31.5 Å². The number of nitrogens with one attached hydrogen (secondary N) is 3. The topological polar surface area (TPSA) is 121 Å². The van der Waals surface area contributed by atoms with Crippen molar-refractivity contribution in [3.8, 4) is 0 Å². The molecule has 2 amide bonds. The summed E-state index contributed by atoms with van der Waals surface area (Å²) < 4.78 is 72.1. The molecule has 3 fully saturated rings. The summed E-state index contributed by atoms with van der Waals surface area (Å²) in [6, 6.07) is 2.69. The van der Waals surface area contributed by atoms with Crippen LogP contribution in [-0.4, -0.2) is 81.0 Å². The van der Waals surface area contributed by atoms with Gasteiger partial charge in [0.1, 0.15) is 5.69 Å². The van der Waals surface area contributed by atoms with Crippen LogP contribution in [-0.2, 0) is 17.8 Å². The summed E-state index contributed by atoms with van der Waals surface area (Å²) in [7, 11) is 0. The largest absolute Gasteiger partial charge is 0.393 e. The van der Waals surface area contributed by atoms with Gasteiger partial charge in [-0.25, -0.2) is 18.3 Å². The highest BCUT2D eigenvalue weighted by Crippen LogP contribution is 2.42. The molecule has 6 rings (SSSR count). The van der Waals surface area contributed by atoms with Gasteiger partial charge in [-0.2, -0.15) is 23.4 Å². The van der Waals surface area contributed by atoms with E-state index in [-0.39, 0.29) is 44.4 Å². The molecule has 250 valence electrons. The number of piperidine rings is 1. The van der Waals surface area contributed by atoms with Gasteiger partial charge in [0.25, 0.3) is 5.91 Å². The second-order valence-corrected chi connectivity index (χ2v) is 12.5. The molecule has 46 heavy (non-hydrogen) atoms. The Balaban J connectivity index is 1.35. The molecule has 3 aliphatic rings. The van der Waals surface area contributed by atoms with Crippen molar-refractivity contribution in [2.45, 2.75) is 70.1 Å². The first kappa shape index (κ1) is 32.1. The summed E-state index contributed by atoms with van der Waals surface area (Å²) >= 11 is 0. The number of amides is 2. The Labute approximate surface area is 262 Å². The van der Waals surface area contributed by atoms with Crippen LogP contribution in [0.3, 0.4) is 0 Å². The van der Waals surface area contributed by atoms with Crippen molar-refractivity contribution >= 4 is 23.1 Å². The van der Waals surface area contributed by atoms with Gasteiger partial charge in [0.15, 0.2) is 5.65 Å². The first-order valence-electron chi connectivity index (χ1n) is 15.8. The van der Waals surface area contributed by atoms with Gasteiger partial charge in [-0.1, -0.05) is 0 Å². The van der Waals surface area contributed by atoms with Crippen molar-refractivity contribution in [2.24, 2.45) is 17.8 Å². The summed E-state index contributed by atoms with van der Waals surface area (Å²) in [6.45, 7) is 4.51. The third-order valence-electron chi connectivity index (χ3n) is 9.43. The molecule has 0 spiro atoms. The highest BCUT2D eigenvalue weighted by atomic mass is 19.4. The molecule has 2 aliphatic heterocycles. The number of fused-ring (bicyclic) bond motifs is 1.